The average Bonchev–Trinajstić information content (AvgIpc) is 3.14. The molecule has 1 aliphatic carbocycles. The lowest BCUT2D eigenvalue weighted by Crippen LogP contribution is -2.57. The first-order chi connectivity index (χ1) is 13.0. The minimum absolute atomic E-state index is 0.192. The lowest BCUT2D eigenvalue weighted by molar-refractivity contribution is 0.0125. The van der Waals surface area contributed by atoms with E-state index in [4.69, 9.17) is 4.52 Å². The Morgan fingerprint density at radius 2 is 2.04 bits per heavy atom. The van der Waals surface area contributed by atoms with E-state index in [2.05, 4.69) is 35.4 Å². The quantitative estimate of drug-likeness (QED) is 0.692. The predicted molar refractivity (Wildman–Crippen MR) is 102 cm³/mol. The van der Waals surface area contributed by atoms with Gasteiger partial charge in [-0.1, -0.05) is 25.1 Å². The van der Waals surface area contributed by atoms with Gasteiger partial charge < -0.3 is 9.84 Å². The van der Waals surface area contributed by atoms with Crippen LogP contribution in [0.25, 0.3) is 11.3 Å². The normalized spacial score (nSPS) is 21.0. The van der Waals surface area contributed by atoms with Gasteiger partial charge in [0.05, 0.1) is 5.69 Å². The highest BCUT2D eigenvalue weighted by Crippen LogP contribution is 2.48. The van der Waals surface area contributed by atoms with E-state index in [1.54, 1.807) is 18.3 Å². The summed E-state index contributed by atoms with van der Waals surface area (Å²) in [4.78, 5) is 4.17. The molecule has 0 spiro atoms. The van der Waals surface area contributed by atoms with Gasteiger partial charge in [0.15, 0.2) is 5.76 Å². The lowest BCUT2D eigenvalue weighted by Gasteiger charge is -2.52. The molecule has 1 saturated carbocycles. The van der Waals surface area contributed by atoms with Gasteiger partial charge in [0.25, 0.3) is 0 Å². The zero-order chi connectivity index (χ0) is 18.9. The molecule has 0 saturated heterocycles. The van der Waals surface area contributed by atoms with Crippen LogP contribution in [-0.4, -0.2) is 16.2 Å². The first kappa shape index (κ1) is 17.9. The lowest BCUT2D eigenvalue weighted by atomic mass is 9.57. The van der Waals surface area contributed by atoms with Gasteiger partial charge in [-0.3, -0.25) is 4.98 Å². The molecule has 1 fully saturated rings. The fourth-order valence-corrected chi connectivity index (χ4v) is 3.86. The number of nitrogens with one attached hydrogen (secondary N) is 1. The summed E-state index contributed by atoms with van der Waals surface area (Å²) in [7, 11) is 0. The molecule has 4 rings (SSSR count). The molecule has 140 valence electrons. The minimum atomic E-state index is -0.250. The van der Waals surface area contributed by atoms with Gasteiger partial charge in [0, 0.05) is 36.6 Å². The third-order valence-electron chi connectivity index (χ3n) is 5.89. The molecule has 1 N–H and O–H groups in total. The fourth-order valence-electron chi connectivity index (χ4n) is 3.86. The summed E-state index contributed by atoms with van der Waals surface area (Å²) in [5, 5.41) is 7.88. The minimum Gasteiger partial charge on any atom is -0.356 e. The highest BCUT2D eigenvalue weighted by Gasteiger charge is 2.47. The molecular formula is C22H24FN3O. The van der Waals surface area contributed by atoms with Crippen LogP contribution in [0.15, 0.2) is 59.4 Å². The van der Waals surface area contributed by atoms with Gasteiger partial charge in [-0.05, 0) is 60.1 Å². The summed E-state index contributed by atoms with van der Waals surface area (Å²) >= 11 is 0. The van der Waals surface area contributed by atoms with Crippen molar-refractivity contribution in [2.45, 2.75) is 39.3 Å². The number of pyridine rings is 1. The molecule has 0 radical (unpaired) electrons. The number of hydrogen-bond donors (Lipinski definition) is 1. The monoisotopic (exact) mass is 365 g/mol. The second-order valence-electron chi connectivity index (χ2n) is 7.94. The first-order valence-electron chi connectivity index (χ1n) is 9.36. The molecular weight excluding hydrogens is 341 g/mol. The molecule has 0 amide bonds. The molecule has 2 heterocycles. The van der Waals surface area contributed by atoms with E-state index < -0.39 is 0 Å². The molecule has 2 atom stereocenters. The van der Waals surface area contributed by atoms with Crippen LogP contribution >= 0.6 is 0 Å². The van der Waals surface area contributed by atoms with Crippen LogP contribution in [0.1, 0.15) is 31.5 Å². The zero-order valence-electron chi connectivity index (χ0n) is 15.7. The van der Waals surface area contributed by atoms with E-state index in [1.807, 2.05) is 18.3 Å². The average molecular weight is 365 g/mol. The van der Waals surface area contributed by atoms with Crippen LogP contribution in [-0.2, 0) is 13.0 Å². The molecule has 2 aromatic heterocycles. The largest absolute Gasteiger partial charge is 0.356 e. The van der Waals surface area contributed by atoms with E-state index in [9.17, 15) is 4.39 Å². The van der Waals surface area contributed by atoms with Crippen LogP contribution < -0.4 is 5.32 Å². The Hall–Kier alpha value is -2.53. The molecule has 4 nitrogen and oxygen atoms in total. The summed E-state index contributed by atoms with van der Waals surface area (Å²) in [5.41, 5.74) is 3.20. The van der Waals surface area contributed by atoms with Gasteiger partial charge in [-0.25, -0.2) is 4.39 Å². The third kappa shape index (κ3) is 3.78. The van der Waals surface area contributed by atoms with Crippen LogP contribution in [0.5, 0.6) is 0 Å². The Morgan fingerprint density at radius 1 is 1.22 bits per heavy atom. The number of aromatic nitrogens is 2. The van der Waals surface area contributed by atoms with E-state index in [1.165, 1.54) is 17.7 Å². The maximum absolute atomic E-state index is 13.1. The summed E-state index contributed by atoms with van der Waals surface area (Å²) in [6, 6.07) is 12.8. The van der Waals surface area contributed by atoms with Crippen molar-refractivity contribution >= 4 is 0 Å². The highest BCUT2D eigenvalue weighted by molar-refractivity contribution is 5.57. The predicted octanol–water partition coefficient (Wildman–Crippen LogP) is 4.62. The van der Waals surface area contributed by atoms with Crippen molar-refractivity contribution in [1.82, 2.24) is 15.5 Å². The standard InChI is InChI=1S/C22H24FN3O/c1-22(2)17(11-21(22)25-14-15-4-3-9-24-13-15)10-19-12-20(27-26-19)16-5-7-18(23)8-6-16/h3-9,12-13,17,21,25H,10-11,14H2,1-2H3. The Bertz CT molecular complexity index is 889. The summed E-state index contributed by atoms with van der Waals surface area (Å²) < 4.78 is 18.5. The summed E-state index contributed by atoms with van der Waals surface area (Å²) in [6.07, 6.45) is 5.71. The van der Waals surface area contributed by atoms with Crippen LogP contribution in [0, 0.1) is 17.2 Å². The van der Waals surface area contributed by atoms with Crippen molar-refractivity contribution in [1.29, 1.82) is 0 Å². The maximum atomic E-state index is 13.1. The molecule has 3 aromatic rings. The first-order valence-corrected chi connectivity index (χ1v) is 9.36. The van der Waals surface area contributed by atoms with Gasteiger partial charge in [0.1, 0.15) is 5.82 Å². The van der Waals surface area contributed by atoms with Gasteiger partial charge in [0.2, 0.25) is 0 Å². The third-order valence-corrected chi connectivity index (χ3v) is 5.89. The Kier molecular flexibility index (Phi) is 4.79. The van der Waals surface area contributed by atoms with Crippen molar-refractivity contribution in [3.63, 3.8) is 0 Å². The number of halogens is 1. The molecule has 0 aliphatic heterocycles. The summed E-state index contributed by atoms with van der Waals surface area (Å²) in [5.74, 6) is 0.989. The van der Waals surface area contributed by atoms with Gasteiger partial charge in [-0.15, -0.1) is 0 Å². The SMILES string of the molecule is CC1(C)C(Cc2cc(-c3ccc(F)cc3)on2)CC1NCc1cccnc1. The second-order valence-corrected chi connectivity index (χ2v) is 7.94. The molecule has 2 unspecified atom stereocenters. The van der Waals surface area contributed by atoms with E-state index >= 15 is 0 Å². The molecule has 27 heavy (non-hydrogen) atoms. The Labute approximate surface area is 158 Å². The van der Waals surface area contributed by atoms with Crippen LogP contribution in [0.2, 0.25) is 0 Å². The number of benzene rings is 1. The van der Waals surface area contributed by atoms with Crippen molar-refractivity contribution in [2.24, 2.45) is 11.3 Å². The van der Waals surface area contributed by atoms with Crippen LogP contribution in [0.3, 0.4) is 0 Å². The van der Waals surface area contributed by atoms with Crippen molar-refractivity contribution in [3.8, 4) is 11.3 Å². The highest BCUT2D eigenvalue weighted by atomic mass is 19.1. The number of nitrogens with zero attached hydrogens (tertiary/aromatic N) is 2. The zero-order valence-corrected chi connectivity index (χ0v) is 15.7. The molecule has 0 bridgehead atoms. The van der Waals surface area contributed by atoms with Crippen molar-refractivity contribution in [2.75, 3.05) is 0 Å². The van der Waals surface area contributed by atoms with E-state index in [0.717, 1.165) is 30.6 Å². The van der Waals surface area contributed by atoms with Gasteiger partial charge in [-0.2, -0.15) is 0 Å². The Balaban J connectivity index is 1.35. The topological polar surface area (TPSA) is 51.0 Å². The maximum Gasteiger partial charge on any atom is 0.167 e. The van der Waals surface area contributed by atoms with Crippen molar-refractivity contribution in [3.05, 3.63) is 71.9 Å². The summed E-state index contributed by atoms with van der Waals surface area (Å²) in [6.45, 7) is 5.46. The van der Waals surface area contributed by atoms with Gasteiger partial charge >= 0.3 is 0 Å². The molecule has 1 aliphatic rings. The smallest absolute Gasteiger partial charge is 0.167 e. The fraction of sp³-hybridized carbons (Fsp3) is 0.364. The number of rotatable bonds is 6. The van der Waals surface area contributed by atoms with E-state index in [0.29, 0.717) is 17.7 Å². The molecule has 1 aromatic carbocycles. The van der Waals surface area contributed by atoms with E-state index in [-0.39, 0.29) is 11.2 Å². The van der Waals surface area contributed by atoms with Crippen molar-refractivity contribution < 1.29 is 8.91 Å². The second kappa shape index (κ2) is 7.24. The molecule has 5 heteroatoms. The van der Waals surface area contributed by atoms with Crippen LogP contribution in [0.4, 0.5) is 4.39 Å². The number of hydrogen-bond acceptors (Lipinski definition) is 4. The Morgan fingerprint density at radius 3 is 2.74 bits per heavy atom.